The van der Waals surface area contributed by atoms with Crippen molar-refractivity contribution < 1.29 is 0 Å². The van der Waals surface area contributed by atoms with E-state index >= 15 is 0 Å². The molecule has 0 aliphatic rings. The van der Waals surface area contributed by atoms with E-state index in [4.69, 9.17) is 0 Å². The predicted octanol–water partition coefficient (Wildman–Crippen LogP) is 1.46. The molecule has 0 amide bonds. The van der Waals surface area contributed by atoms with Gasteiger partial charge in [0.25, 0.3) is 0 Å². The van der Waals surface area contributed by atoms with E-state index in [0.29, 0.717) is 0 Å². The third-order valence-electron chi connectivity index (χ3n) is 1.72. The van der Waals surface area contributed by atoms with Crippen molar-refractivity contribution in [3.8, 4) is 0 Å². The molecule has 0 aliphatic heterocycles. The van der Waals surface area contributed by atoms with Gasteiger partial charge in [0.15, 0.2) is 0 Å². The molecule has 0 aromatic carbocycles. The van der Waals surface area contributed by atoms with Crippen LogP contribution in [0.4, 0.5) is 0 Å². The van der Waals surface area contributed by atoms with Gasteiger partial charge in [-0.2, -0.15) is 0 Å². The fourth-order valence-electron chi connectivity index (χ4n) is 0.864. The Morgan fingerprint density at radius 2 is 1.82 bits per heavy atom. The molecule has 0 saturated heterocycles. The van der Waals surface area contributed by atoms with Crippen molar-refractivity contribution in [3.05, 3.63) is 18.6 Å². The summed E-state index contributed by atoms with van der Waals surface area (Å²) in [6.45, 7) is 13.5. The van der Waals surface area contributed by atoms with E-state index in [0.717, 1.165) is 19.6 Å². The van der Waals surface area contributed by atoms with Crippen molar-refractivity contribution in [1.82, 2.24) is 4.90 Å². The zero-order valence-electron chi connectivity index (χ0n) is 7.35. The summed E-state index contributed by atoms with van der Waals surface area (Å²) in [6, 6.07) is 0. The van der Waals surface area contributed by atoms with Gasteiger partial charge in [0.1, 0.15) is 0 Å². The molecule has 0 N–H and O–H groups in total. The normalized spacial score (nSPS) is 11.5. The SMILES string of the molecule is [CH2]C=C(C)CN(CC)CC.[LiH]. The minimum absolute atomic E-state index is 0. The Morgan fingerprint density at radius 1 is 1.36 bits per heavy atom. The van der Waals surface area contributed by atoms with Gasteiger partial charge in [0, 0.05) is 6.54 Å². The maximum absolute atomic E-state index is 3.72. The van der Waals surface area contributed by atoms with Crippen molar-refractivity contribution in [2.75, 3.05) is 19.6 Å². The first-order valence-electron chi connectivity index (χ1n) is 3.91. The Morgan fingerprint density at radius 3 is 2.09 bits per heavy atom. The molecule has 1 radical (unpaired) electrons. The molecule has 0 heterocycles. The fourth-order valence-corrected chi connectivity index (χ4v) is 0.864. The molecule has 0 spiro atoms. The maximum atomic E-state index is 3.72. The van der Waals surface area contributed by atoms with Crippen LogP contribution in [0.5, 0.6) is 0 Å². The van der Waals surface area contributed by atoms with Crippen LogP contribution in [-0.4, -0.2) is 43.4 Å². The van der Waals surface area contributed by atoms with Crippen LogP contribution >= 0.6 is 0 Å². The van der Waals surface area contributed by atoms with Crippen LogP contribution in [0, 0.1) is 6.92 Å². The Bertz CT molecular complexity index is 106. The Labute approximate surface area is 83.0 Å². The predicted molar refractivity (Wildman–Crippen MR) is 54.1 cm³/mol. The molecule has 61 valence electrons. The van der Waals surface area contributed by atoms with Gasteiger partial charge in [-0.1, -0.05) is 25.5 Å². The second-order valence-corrected chi connectivity index (χ2v) is 2.51. The van der Waals surface area contributed by atoms with Crippen LogP contribution in [0.25, 0.3) is 0 Å². The van der Waals surface area contributed by atoms with E-state index in [1.807, 2.05) is 6.08 Å². The van der Waals surface area contributed by atoms with E-state index in [1.165, 1.54) is 5.57 Å². The van der Waals surface area contributed by atoms with Crippen molar-refractivity contribution in [1.29, 1.82) is 0 Å². The average Bonchev–Trinajstić information content (AvgIpc) is 1.99. The number of likely N-dealkylation sites (N-methyl/N-ethyl adjacent to an activating group) is 1. The van der Waals surface area contributed by atoms with E-state index in [9.17, 15) is 0 Å². The molecule has 11 heavy (non-hydrogen) atoms. The molecule has 0 rings (SSSR count). The van der Waals surface area contributed by atoms with Crippen LogP contribution in [0.3, 0.4) is 0 Å². The standard InChI is InChI=1S/C9H18N.Li.H/c1-5-9(4)8-10(6-2)7-3;;/h5H,1,6-8H2,2-4H3;;. The summed E-state index contributed by atoms with van der Waals surface area (Å²) >= 11 is 0. The Kier molecular flexibility index (Phi) is 10.6. The van der Waals surface area contributed by atoms with E-state index in [-0.39, 0.29) is 18.9 Å². The van der Waals surface area contributed by atoms with Crippen molar-refractivity contribution in [2.24, 2.45) is 0 Å². The van der Waals surface area contributed by atoms with Crippen LogP contribution in [0.1, 0.15) is 20.8 Å². The van der Waals surface area contributed by atoms with Crippen LogP contribution in [-0.2, 0) is 0 Å². The van der Waals surface area contributed by atoms with Gasteiger partial charge in [-0.05, 0) is 26.9 Å². The summed E-state index contributed by atoms with van der Waals surface area (Å²) in [7, 11) is 0. The van der Waals surface area contributed by atoms with Crippen LogP contribution in [0.15, 0.2) is 11.6 Å². The number of hydrogen-bond donors (Lipinski definition) is 0. The van der Waals surface area contributed by atoms with E-state index in [2.05, 4.69) is 32.6 Å². The number of hydrogen-bond acceptors (Lipinski definition) is 1. The number of rotatable bonds is 4. The van der Waals surface area contributed by atoms with Gasteiger partial charge in [-0.15, -0.1) is 0 Å². The first-order chi connectivity index (χ1) is 4.74. The quantitative estimate of drug-likeness (QED) is 0.545. The monoisotopic (exact) mass is 148 g/mol. The molecule has 0 aliphatic carbocycles. The molecule has 0 fully saturated rings. The third-order valence-corrected chi connectivity index (χ3v) is 1.72. The second-order valence-electron chi connectivity index (χ2n) is 2.51. The van der Waals surface area contributed by atoms with Crippen molar-refractivity contribution in [3.63, 3.8) is 0 Å². The van der Waals surface area contributed by atoms with Gasteiger partial charge in [-0.3, -0.25) is 4.90 Å². The zero-order chi connectivity index (χ0) is 7.98. The molecule has 2 heteroatoms. The van der Waals surface area contributed by atoms with Crippen LogP contribution in [0.2, 0.25) is 0 Å². The molecule has 0 aromatic rings. The minimum atomic E-state index is 0. The average molecular weight is 148 g/mol. The first-order valence-corrected chi connectivity index (χ1v) is 3.91. The Hall–Kier alpha value is 0.297. The summed E-state index contributed by atoms with van der Waals surface area (Å²) in [5.41, 5.74) is 1.35. The van der Waals surface area contributed by atoms with Crippen molar-refractivity contribution in [2.45, 2.75) is 20.8 Å². The molecular formula is C9H19LiN. The first kappa shape index (κ1) is 13.9. The van der Waals surface area contributed by atoms with Gasteiger partial charge >= 0.3 is 18.9 Å². The Balaban J connectivity index is 0. The molecule has 0 aromatic heterocycles. The molecule has 0 unspecified atom stereocenters. The van der Waals surface area contributed by atoms with Gasteiger partial charge in [-0.25, -0.2) is 0 Å². The second kappa shape index (κ2) is 8.39. The van der Waals surface area contributed by atoms with E-state index in [1.54, 1.807) is 0 Å². The molecule has 0 atom stereocenters. The molecule has 0 saturated carbocycles. The van der Waals surface area contributed by atoms with Gasteiger partial charge < -0.3 is 0 Å². The summed E-state index contributed by atoms with van der Waals surface area (Å²) in [5, 5.41) is 0. The summed E-state index contributed by atoms with van der Waals surface area (Å²) in [5.74, 6) is 0. The number of nitrogens with zero attached hydrogens (tertiary/aromatic N) is 1. The van der Waals surface area contributed by atoms with E-state index < -0.39 is 0 Å². The number of allylic oxidation sites excluding steroid dienone is 1. The zero-order valence-corrected chi connectivity index (χ0v) is 7.35. The molecular weight excluding hydrogens is 129 g/mol. The summed E-state index contributed by atoms with van der Waals surface area (Å²) < 4.78 is 0. The molecule has 1 nitrogen and oxygen atoms in total. The topological polar surface area (TPSA) is 3.24 Å². The summed E-state index contributed by atoms with van der Waals surface area (Å²) in [6.07, 6.45) is 1.93. The molecule has 0 bridgehead atoms. The van der Waals surface area contributed by atoms with Gasteiger partial charge in [0.2, 0.25) is 0 Å². The third kappa shape index (κ3) is 6.69. The van der Waals surface area contributed by atoms with Gasteiger partial charge in [0.05, 0.1) is 0 Å². The van der Waals surface area contributed by atoms with Crippen molar-refractivity contribution >= 4 is 18.9 Å². The summed E-state index contributed by atoms with van der Waals surface area (Å²) in [4.78, 5) is 2.37. The van der Waals surface area contributed by atoms with Crippen LogP contribution < -0.4 is 0 Å². The fraction of sp³-hybridized carbons (Fsp3) is 0.667.